The number of halogens is 1. The Morgan fingerprint density at radius 3 is 1.63 bits per heavy atom. The van der Waals surface area contributed by atoms with E-state index in [1.165, 1.54) is 0 Å². The van der Waals surface area contributed by atoms with Crippen LogP contribution in [0.15, 0.2) is 24.3 Å². The Bertz CT molecular complexity index is 1140. The zero-order valence-electron chi connectivity index (χ0n) is 21.6. The molecular formula is C27H37BrN2O8. The van der Waals surface area contributed by atoms with Crippen LogP contribution >= 0.6 is 17.0 Å². The molecule has 4 aliphatic rings. The van der Waals surface area contributed by atoms with Crippen LogP contribution in [0.2, 0.25) is 0 Å². The predicted molar refractivity (Wildman–Crippen MR) is 147 cm³/mol. The van der Waals surface area contributed by atoms with E-state index < -0.39 is 30.4 Å². The fraction of sp³-hybridized carbons (Fsp3) is 0.519. The number of carboxylic acids is 1. The monoisotopic (exact) mass is 596 g/mol. The van der Waals surface area contributed by atoms with Crippen molar-refractivity contribution in [1.82, 2.24) is 0 Å². The second-order valence-corrected chi connectivity index (χ2v) is 9.77. The number of carbonyl (C=O) groups is 1. The lowest BCUT2D eigenvalue weighted by atomic mass is 9.88. The van der Waals surface area contributed by atoms with E-state index in [9.17, 15) is 25.5 Å². The van der Waals surface area contributed by atoms with Gasteiger partial charge in [-0.2, -0.15) is 0 Å². The maximum absolute atomic E-state index is 10.1. The molecule has 6 rings (SSSR count). The predicted octanol–water partition coefficient (Wildman–Crippen LogP) is 3.12. The van der Waals surface area contributed by atoms with Gasteiger partial charge in [-0.05, 0) is 37.8 Å². The van der Waals surface area contributed by atoms with E-state index >= 15 is 0 Å². The van der Waals surface area contributed by atoms with Gasteiger partial charge in [0.15, 0.2) is 0 Å². The minimum Gasteiger partial charge on any atom is -0.507 e. The molecule has 0 bridgehead atoms. The molecule has 2 aromatic carbocycles. The fourth-order valence-corrected chi connectivity index (χ4v) is 5.68. The van der Waals surface area contributed by atoms with Crippen LogP contribution in [-0.4, -0.2) is 69.9 Å². The van der Waals surface area contributed by atoms with Crippen LogP contribution in [0.3, 0.4) is 0 Å². The van der Waals surface area contributed by atoms with Gasteiger partial charge in [-0.15, -0.1) is 17.0 Å². The Morgan fingerprint density at radius 2 is 1.16 bits per heavy atom. The lowest BCUT2D eigenvalue weighted by Crippen LogP contribution is -2.37. The Kier molecular flexibility index (Phi) is 9.88. The molecule has 10 nitrogen and oxygen atoms in total. The number of ether oxygens (including phenoxy) is 1. The molecule has 4 atom stereocenters. The van der Waals surface area contributed by atoms with Gasteiger partial charge in [-0.3, -0.25) is 4.79 Å². The van der Waals surface area contributed by atoms with Gasteiger partial charge in [-0.1, -0.05) is 12.1 Å². The third kappa shape index (κ3) is 5.86. The molecule has 0 amide bonds. The maximum Gasteiger partial charge on any atom is 0.300 e. The lowest BCUT2D eigenvalue weighted by Gasteiger charge is -2.40. The van der Waals surface area contributed by atoms with E-state index in [4.69, 9.17) is 14.6 Å². The molecule has 0 saturated carbocycles. The van der Waals surface area contributed by atoms with Gasteiger partial charge < -0.3 is 45.2 Å². The van der Waals surface area contributed by atoms with Crippen molar-refractivity contribution in [3.05, 3.63) is 46.5 Å². The summed E-state index contributed by atoms with van der Waals surface area (Å²) in [5, 5.41) is 57.2. The Hall–Kier alpha value is -2.57. The number of methoxy groups -OCH3 is 1. The van der Waals surface area contributed by atoms with Gasteiger partial charge in [0.25, 0.3) is 5.97 Å². The molecule has 0 saturated heterocycles. The molecule has 6 N–H and O–H groups in total. The van der Waals surface area contributed by atoms with Crippen LogP contribution in [0, 0.1) is 0 Å². The summed E-state index contributed by atoms with van der Waals surface area (Å²) < 4.78 is 5.32. The van der Waals surface area contributed by atoms with Crippen LogP contribution in [0.5, 0.6) is 11.5 Å². The number of aliphatic carboxylic acids is 1. The number of aliphatic hydroxyl groups is 4. The van der Waals surface area contributed by atoms with Gasteiger partial charge in [0, 0.05) is 55.4 Å². The van der Waals surface area contributed by atoms with Crippen molar-refractivity contribution in [1.29, 1.82) is 0 Å². The first kappa shape index (κ1) is 30.0. The summed E-state index contributed by atoms with van der Waals surface area (Å²) in [5.41, 5.74) is 5.01. The number of carboxylic acid groups (broad SMARTS) is 1. The summed E-state index contributed by atoms with van der Waals surface area (Å²) in [7, 11) is 1.61. The summed E-state index contributed by atoms with van der Waals surface area (Å²) in [5.74, 6) is 0.0140. The molecule has 210 valence electrons. The van der Waals surface area contributed by atoms with Crippen LogP contribution in [-0.2, 0) is 4.79 Å². The van der Waals surface area contributed by atoms with Gasteiger partial charge >= 0.3 is 0 Å². The number of aromatic hydroxyl groups is 1. The quantitative estimate of drug-likeness (QED) is 0.289. The molecule has 0 aromatic heterocycles. The smallest absolute Gasteiger partial charge is 0.300 e. The summed E-state index contributed by atoms with van der Waals surface area (Å²) >= 11 is 0. The zero-order valence-corrected chi connectivity index (χ0v) is 23.3. The molecule has 4 aliphatic heterocycles. The number of anilines is 2. The summed E-state index contributed by atoms with van der Waals surface area (Å²) in [6.45, 7) is 4.36. The van der Waals surface area contributed by atoms with E-state index in [1.54, 1.807) is 19.2 Å². The third-order valence-corrected chi connectivity index (χ3v) is 7.36. The first-order valence-corrected chi connectivity index (χ1v) is 12.6. The first-order valence-electron chi connectivity index (χ1n) is 12.6. The van der Waals surface area contributed by atoms with Gasteiger partial charge in [0.05, 0.1) is 42.9 Å². The molecule has 0 aliphatic carbocycles. The van der Waals surface area contributed by atoms with Crippen LogP contribution in [0.25, 0.3) is 0 Å². The van der Waals surface area contributed by atoms with Crippen molar-refractivity contribution in [3.63, 3.8) is 0 Å². The maximum atomic E-state index is 10.1. The van der Waals surface area contributed by atoms with E-state index in [0.29, 0.717) is 18.4 Å². The largest absolute Gasteiger partial charge is 0.507 e. The molecule has 0 spiro atoms. The normalized spacial score (nSPS) is 24.3. The average molecular weight is 598 g/mol. The van der Waals surface area contributed by atoms with Gasteiger partial charge in [-0.25, -0.2) is 0 Å². The summed E-state index contributed by atoms with van der Waals surface area (Å²) in [6, 6.07) is 7.07. The van der Waals surface area contributed by atoms with E-state index in [0.717, 1.165) is 79.8 Å². The highest BCUT2D eigenvalue weighted by Crippen LogP contribution is 2.48. The minimum atomic E-state index is -0.833. The summed E-state index contributed by atoms with van der Waals surface area (Å²) in [4.78, 5) is 13.4. The number of phenolic OH excluding ortho intramolecular Hbond substituents is 1. The number of aliphatic hydroxyl groups excluding tert-OH is 4. The van der Waals surface area contributed by atoms with Crippen molar-refractivity contribution >= 4 is 34.3 Å². The zero-order chi connectivity index (χ0) is 26.9. The highest BCUT2D eigenvalue weighted by molar-refractivity contribution is 8.93. The Morgan fingerprint density at radius 1 is 0.763 bits per heavy atom. The molecule has 11 heteroatoms. The van der Waals surface area contributed by atoms with E-state index in [2.05, 4.69) is 9.80 Å². The Labute approximate surface area is 232 Å². The molecule has 0 fully saturated rings. The molecule has 4 heterocycles. The van der Waals surface area contributed by atoms with Crippen molar-refractivity contribution < 1.29 is 40.2 Å². The first-order chi connectivity index (χ1) is 17.6. The average Bonchev–Trinajstić information content (AvgIpc) is 2.87. The number of phenols is 1. The van der Waals surface area contributed by atoms with Crippen molar-refractivity contribution in [2.24, 2.45) is 0 Å². The fourth-order valence-electron chi connectivity index (χ4n) is 5.68. The van der Waals surface area contributed by atoms with Crippen LogP contribution in [0.1, 0.15) is 79.3 Å². The SMILES string of the molecule is Br.CC(=O)O.COc1ccc2c3c1C(O)CCN3CCC2O.Oc1ccc2c3c1C(O)CCN3CCC2O. The summed E-state index contributed by atoms with van der Waals surface area (Å²) in [6.07, 6.45) is 0.843. The number of benzene rings is 2. The van der Waals surface area contributed by atoms with Crippen molar-refractivity contribution in [3.8, 4) is 11.5 Å². The van der Waals surface area contributed by atoms with Crippen molar-refractivity contribution in [2.45, 2.75) is 57.0 Å². The third-order valence-electron chi connectivity index (χ3n) is 7.36. The van der Waals surface area contributed by atoms with Gasteiger partial charge in [0.1, 0.15) is 11.5 Å². The molecule has 0 radical (unpaired) electrons. The second-order valence-electron chi connectivity index (χ2n) is 9.77. The van der Waals surface area contributed by atoms with E-state index in [-0.39, 0.29) is 22.7 Å². The standard InChI is InChI=1S/C13H17NO3.C12H15NO3.C2H4O2.BrH/c1-17-11-3-2-8-9(15)4-6-14-7-5-10(16)12(11)13(8)14;14-8-3-5-13-6-4-10(16)11-9(15)2-1-7(8)12(11)13;1-2(3)4;/h2-3,9-10,15-16H,4-7H2,1H3;1-2,8,10,14-16H,3-6H2;1H3,(H,3,4);1H. The number of rotatable bonds is 1. The van der Waals surface area contributed by atoms with Crippen LogP contribution in [0.4, 0.5) is 11.4 Å². The molecule has 4 unspecified atom stereocenters. The lowest BCUT2D eigenvalue weighted by molar-refractivity contribution is -0.134. The second kappa shape index (κ2) is 12.5. The number of hydrogen-bond donors (Lipinski definition) is 6. The number of nitrogens with zero attached hydrogens (tertiary/aromatic N) is 2. The highest BCUT2D eigenvalue weighted by Gasteiger charge is 2.35. The topological polar surface area (TPSA) is 154 Å². The highest BCUT2D eigenvalue weighted by atomic mass is 79.9. The van der Waals surface area contributed by atoms with Gasteiger partial charge in [0.2, 0.25) is 0 Å². The molecule has 2 aromatic rings. The molecule has 38 heavy (non-hydrogen) atoms. The minimum absolute atomic E-state index is 0. The van der Waals surface area contributed by atoms with E-state index in [1.807, 2.05) is 12.1 Å². The molecular weight excluding hydrogens is 560 g/mol. The Balaban J connectivity index is 0.000000181. The number of hydrogen-bond acceptors (Lipinski definition) is 9. The van der Waals surface area contributed by atoms with Crippen LogP contribution < -0.4 is 14.5 Å². The van der Waals surface area contributed by atoms with Crippen molar-refractivity contribution in [2.75, 3.05) is 43.1 Å².